The Morgan fingerprint density at radius 2 is 2.26 bits per heavy atom. The topological polar surface area (TPSA) is 87.7 Å². The third-order valence-corrected chi connectivity index (χ3v) is 2.95. The first kappa shape index (κ1) is 13.5. The quantitative estimate of drug-likeness (QED) is 0.745. The summed E-state index contributed by atoms with van der Waals surface area (Å²) in [5, 5.41) is 14.7. The fraction of sp³-hybridized carbons (Fsp3) is 0.385. The van der Waals surface area contributed by atoms with E-state index in [1.165, 1.54) is 12.1 Å². The molecule has 1 saturated heterocycles. The van der Waals surface area contributed by atoms with E-state index in [1.54, 1.807) is 13.0 Å². The van der Waals surface area contributed by atoms with Crippen LogP contribution >= 0.6 is 0 Å². The van der Waals surface area contributed by atoms with E-state index >= 15 is 0 Å². The lowest BCUT2D eigenvalue weighted by Crippen LogP contribution is -2.45. The van der Waals surface area contributed by atoms with Gasteiger partial charge < -0.3 is 20.5 Å². The Kier molecular flexibility index (Phi) is 4.13. The summed E-state index contributed by atoms with van der Waals surface area (Å²) in [5.41, 5.74) is 1.51. The minimum Gasteiger partial charge on any atom is -0.478 e. The van der Waals surface area contributed by atoms with Crippen molar-refractivity contribution in [3.63, 3.8) is 0 Å². The summed E-state index contributed by atoms with van der Waals surface area (Å²) in [7, 11) is 0. The van der Waals surface area contributed by atoms with Gasteiger partial charge in [-0.05, 0) is 30.7 Å². The molecule has 1 atom stereocenters. The third kappa shape index (κ3) is 3.30. The van der Waals surface area contributed by atoms with E-state index in [2.05, 4.69) is 10.6 Å². The van der Waals surface area contributed by atoms with Crippen LogP contribution in [-0.2, 0) is 9.53 Å². The summed E-state index contributed by atoms with van der Waals surface area (Å²) >= 11 is 0. The number of amides is 1. The molecule has 0 radical (unpaired) electrons. The fourth-order valence-corrected chi connectivity index (χ4v) is 1.88. The van der Waals surface area contributed by atoms with Gasteiger partial charge in [0.05, 0.1) is 12.2 Å². The van der Waals surface area contributed by atoms with E-state index in [4.69, 9.17) is 9.84 Å². The summed E-state index contributed by atoms with van der Waals surface area (Å²) in [6.07, 6.45) is -0.507. The number of aryl methyl sites for hydroxylation is 1. The smallest absolute Gasteiger partial charge is 0.335 e. The number of rotatable bonds is 3. The molecule has 1 heterocycles. The maximum atomic E-state index is 11.9. The largest absolute Gasteiger partial charge is 0.478 e. The lowest BCUT2D eigenvalue weighted by molar-refractivity contribution is -0.128. The summed E-state index contributed by atoms with van der Waals surface area (Å²) < 4.78 is 5.35. The molecule has 0 aliphatic carbocycles. The van der Waals surface area contributed by atoms with Crippen molar-refractivity contribution < 1.29 is 19.4 Å². The Labute approximate surface area is 110 Å². The van der Waals surface area contributed by atoms with Crippen molar-refractivity contribution in [2.24, 2.45) is 0 Å². The Morgan fingerprint density at radius 3 is 2.84 bits per heavy atom. The molecule has 1 aromatic rings. The minimum absolute atomic E-state index is 0.200. The van der Waals surface area contributed by atoms with Gasteiger partial charge in [-0.15, -0.1) is 0 Å². The number of ether oxygens (including phenoxy) is 1. The number of carboxylic acid groups (broad SMARTS) is 1. The summed E-state index contributed by atoms with van der Waals surface area (Å²) in [5.74, 6) is -1.21. The normalized spacial score (nSPS) is 18.9. The van der Waals surface area contributed by atoms with Gasteiger partial charge in [0.2, 0.25) is 0 Å². The number of carboxylic acids is 1. The fourth-order valence-electron chi connectivity index (χ4n) is 1.88. The Bertz CT molecular complexity index is 495. The SMILES string of the molecule is Cc1cc(C(=O)O)ccc1NC(=O)C1CNCCO1. The van der Waals surface area contributed by atoms with Crippen LogP contribution in [0, 0.1) is 6.92 Å². The Hall–Kier alpha value is -1.92. The molecular formula is C13H16N2O4. The highest BCUT2D eigenvalue weighted by Crippen LogP contribution is 2.17. The summed E-state index contributed by atoms with van der Waals surface area (Å²) in [6, 6.07) is 4.58. The molecule has 2 rings (SSSR count). The van der Waals surface area contributed by atoms with Crippen molar-refractivity contribution in [2.45, 2.75) is 13.0 Å². The second-order valence-electron chi connectivity index (χ2n) is 4.39. The average molecular weight is 264 g/mol. The molecule has 0 bridgehead atoms. The van der Waals surface area contributed by atoms with Crippen LogP contribution in [0.25, 0.3) is 0 Å². The van der Waals surface area contributed by atoms with Gasteiger partial charge in [-0.2, -0.15) is 0 Å². The predicted molar refractivity (Wildman–Crippen MR) is 69.4 cm³/mol. The lowest BCUT2D eigenvalue weighted by atomic mass is 10.1. The Morgan fingerprint density at radius 1 is 1.47 bits per heavy atom. The zero-order valence-corrected chi connectivity index (χ0v) is 10.6. The van der Waals surface area contributed by atoms with E-state index in [9.17, 15) is 9.59 Å². The van der Waals surface area contributed by atoms with Crippen LogP contribution in [0.15, 0.2) is 18.2 Å². The third-order valence-electron chi connectivity index (χ3n) is 2.95. The maximum absolute atomic E-state index is 11.9. The van der Waals surface area contributed by atoms with Gasteiger partial charge in [0.25, 0.3) is 5.91 Å². The summed E-state index contributed by atoms with van der Waals surface area (Å²) in [4.78, 5) is 22.8. The second kappa shape index (κ2) is 5.81. The number of carbonyl (C=O) groups excluding carboxylic acids is 1. The maximum Gasteiger partial charge on any atom is 0.335 e. The van der Waals surface area contributed by atoms with Gasteiger partial charge in [0.15, 0.2) is 0 Å². The highest BCUT2D eigenvalue weighted by atomic mass is 16.5. The first-order chi connectivity index (χ1) is 9.08. The molecule has 1 amide bonds. The van der Waals surface area contributed by atoms with E-state index in [1.807, 2.05) is 0 Å². The molecule has 6 nitrogen and oxygen atoms in total. The van der Waals surface area contributed by atoms with Crippen molar-refractivity contribution in [2.75, 3.05) is 25.0 Å². The van der Waals surface area contributed by atoms with Crippen LogP contribution in [0.1, 0.15) is 15.9 Å². The number of nitrogens with one attached hydrogen (secondary N) is 2. The highest BCUT2D eigenvalue weighted by Gasteiger charge is 2.22. The molecular weight excluding hydrogens is 248 g/mol. The van der Waals surface area contributed by atoms with Crippen molar-refractivity contribution in [1.29, 1.82) is 0 Å². The molecule has 1 fully saturated rings. The van der Waals surface area contributed by atoms with E-state index < -0.39 is 12.1 Å². The molecule has 1 aromatic carbocycles. The van der Waals surface area contributed by atoms with Crippen molar-refractivity contribution in [3.05, 3.63) is 29.3 Å². The van der Waals surface area contributed by atoms with Crippen LogP contribution in [-0.4, -0.2) is 42.8 Å². The van der Waals surface area contributed by atoms with E-state index in [0.717, 1.165) is 6.54 Å². The molecule has 1 aliphatic rings. The monoisotopic (exact) mass is 264 g/mol. The van der Waals surface area contributed by atoms with E-state index in [-0.39, 0.29) is 11.5 Å². The average Bonchev–Trinajstić information content (AvgIpc) is 2.41. The molecule has 3 N–H and O–H groups in total. The zero-order valence-electron chi connectivity index (χ0n) is 10.6. The molecule has 102 valence electrons. The molecule has 1 aliphatic heterocycles. The number of morpholine rings is 1. The van der Waals surface area contributed by atoms with Crippen molar-refractivity contribution in [1.82, 2.24) is 5.32 Å². The Balaban J connectivity index is 2.06. The van der Waals surface area contributed by atoms with Gasteiger partial charge in [0, 0.05) is 18.8 Å². The molecule has 0 aromatic heterocycles. The summed E-state index contributed by atoms with van der Waals surface area (Å²) in [6.45, 7) is 3.49. The highest BCUT2D eigenvalue weighted by molar-refractivity contribution is 5.96. The minimum atomic E-state index is -0.985. The van der Waals surface area contributed by atoms with Gasteiger partial charge in [-0.3, -0.25) is 4.79 Å². The van der Waals surface area contributed by atoms with Crippen molar-refractivity contribution in [3.8, 4) is 0 Å². The van der Waals surface area contributed by atoms with E-state index in [0.29, 0.717) is 24.4 Å². The number of hydrogen-bond acceptors (Lipinski definition) is 4. The number of carbonyl (C=O) groups is 2. The van der Waals surface area contributed by atoms with Gasteiger partial charge in [-0.25, -0.2) is 4.79 Å². The predicted octanol–water partition coefficient (Wildman–Crippen LogP) is 0.620. The molecule has 0 spiro atoms. The van der Waals surface area contributed by atoms with Gasteiger partial charge in [-0.1, -0.05) is 0 Å². The number of benzene rings is 1. The number of hydrogen-bond donors (Lipinski definition) is 3. The standard InChI is InChI=1S/C13H16N2O4/c1-8-6-9(13(17)18)2-3-10(8)15-12(16)11-7-14-4-5-19-11/h2-3,6,11,14H,4-5,7H2,1H3,(H,15,16)(H,17,18). The molecule has 19 heavy (non-hydrogen) atoms. The molecule has 6 heteroatoms. The second-order valence-corrected chi connectivity index (χ2v) is 4.39. The lowest BCUT2D eigenvalue weighted by Gasteiger charge is -2.23. The number of aromatic carboxylic acids is 1. The zero-order chi connectivity index (χ0) is 13.8. The first-order valence-corrected chi connectivity index (χ1v) is 6.05. The van der Waals surface area contributed by atoms with Crippen molar-refractivity contribution >= 4 is 17.6 Å². The molecule has 0 saturated carbocycles. The molecule has 1 unspecified atom stereocenters. The number of anilines is 1. The van der Waals surface area contributed by atoms with Crippen LogP contribution in [0.5, 0.6) is 0 Å². The first-order valence-electron chi connectivity index (χ1n) is 6.05. The van der Waals surface area contributed by atoms with Crippen LogP contribution in [0.4, 0.5) is 5.69 Å². The van der Waals surface area contributed by atoms with Gasteiger partial charge in [0.1, 0.15) is 6.10 Å². The van der Waals surface area contributed by atoms with Crippen LogP contribution < -0.4 is 10.6 Å². The van der Waals surface area contributed by atoms with Crippen LogP contribution in [0.2, 0.25) is 0 Å². The van der Waals surface area contributed by atoms with Gasteiger partial charge >= 0.3 is 5.97 Å². The van der Waals surface area contributed by atoms with Crippen LogP contribution in [0.3, 0.4) is 0 Å².